The van der Waals surface area contributed by atoms with E-state index in [2.05, 4.69) is 50.3 Å². The van der Waals surface area contributed by atoms with Crippen LogP contribution in [0.5, 0.6) is 17.2 Å². The lowest BCUT2D eigenvalue weighted by atomic mass is 9.95. The van der Waals surface area contributed by atoms with Crippen LogP contribution in [-0.2, 0) is 14.3 Å². The molecule has 39 heavy (non-hydrogen) atoms. The van der Waals surface area contributed by atoms with E-state index in [0.29, 0.717) is 44.8 Å². The largest absolute Gasteiger partial charge is 0.493 e. The Labute approximate surface area is 245 Å². The van der Waals surface area contributed by atoms with E-state index >= 15 is 0 Å². The van der Waals surface area contributed by atoms with Crippen molar-refractivity contribution in [3.05, 3.63) is 75.0 Å². The molecule has 0 saturated carbocycles. The van der Waals surface area contributed by atoms with E-state index in [0.717, 1.165) is 3.57 Å². The third-order valence-electron chi connectivity index (χ3n) is 5.36. The van der Waals surface area contributed by atoms with E-state index in [-0.39, 0.29) is 19.8 Å². The number of halogens is 1. The standard InChI is InChI=1S/C27H29IN4O6S/c1-5-11-37-25-17(12-18(28)13-21(25)35-4)14-29-32-22(33)15-38-20-10-8-7-9-19(20)24-23(26(34)36-6-2)16(3)30-27(39)31-24/h5,7-10,12-14,24H,1,6,11,15H2,2-4H3,(H,32,33)(H2,30,31,39)/t24-/m1/s1. The summed E-state index contributed by atoms with van der Waals surface area (Å²) >= 11 is 7.46. The molecule has 0 saturated heterocycles. The minimum atomic E-state index is -0.625. The van der Waals surface area contributed by atoms with Gasteiger partial charge in [0.1, 0.15) is 12.4 Å². The maximum Gasteiger partial charge on any atom is 0.338 e. The fraction of sp³-hybridized carbons (Fsp3) is 0.259. The third-order valence-corrected chi connectivity index (χ3v) is 6.20. The van der Waals surface area contributed by atoms with Crippen molar-refractivity contribution in [2.45, 2.75) is 19.9 Å². The summed E-state index contributed by atoms with van der Waals surface area (Å²) in [4.78, 5) is 25.3. The minimum absolute atomic E-state index is 0.225. The Balaban J connectivity index is 1.74. The van der Waals surface area contributed by atoms with E-state index in [1.165, 1.54) is 6.21 Å². The third kappa shape index (κ3) is 7.93. The Bertz CT molecular complexity index is 1310. The van der Waals surface area contributed by atoms with Crippen LogP contribution in [0.4, 0.5) is 0 Å². The molecule has 0 aromatic heterocycles. The predicted molar refractivity (Wildman–Crippen MR) is 160 cm³/mol. The van der Waals surface area contributed by atoms with Gasteiger partial charge in [0, 0.05) is 20.4 Å². The molecule has 3 rings (SSSR count). The number of nitrogens with one attached hydrogen (secondary N) is 3. The second-order valence-electron chi connectivity index (χ2n) is 8.04. The van der Waals surface area contributed by atoms with Gasteiger partial charge in [-0.05, 0) is 66.9 Å². The summed E-state index contributed by atoms with van der Waals surface area (Å²) in [7, 11) is 1.55. The number of rotatable bonds is 12. The number of carbonyl (C=O) groups excluding carboxylic acids is 2. The summed E-state index contributed by atoms with van der Waals surface area (Å²) in [6.45, 7) is 7.33. The molecule has 1 aliphatic heterocycles. The van der Waals surface area contributed by atoms with Crippen LogP contribution in [0.25, 0.3) is 0 Å². The molecular formula is C27H29IN4O6S. The van der Waals surface area contributed by atoms with Crippen molar-refractivity contribution in [1.82, 2.24) is 16.1 Å². The topological polar surface area (TPSA) is 120 Å². The van der Waals surface area contributed by atoms with Gasteiger partial charge in [0.15, 0.2) is 23.2 Å². The van der Waals surface area contributed by atoms with Crippen molar-refractivity contribution >= 4 is 58.0 Å². The van der Waals surface area contributed by atoms with Crippen LogP contribution >= 0.6 is 34.8 Å². The van der Waals surface area contributed by atoms with Crippen LogP contribution in [0.1, 0.15) is 31.0 Å². The Morgan fingerprint density at radius 3 is 2.72 bits per heavy atom. The van der Waals surface area contributed by atoms with Gasteiger partial charge in [-0.3, -0.25) is 4.79 Å². The highest BCUT2D eigenvalue weighted by Crippen LogP contribution is 2.34. The molecular weight excluding hydrogens is 635 g/mol. The minimum Gasteiger partial charge on any atom is -0.493 e. The van der Waals surface area contributed by atoms with Crippen LogP contribution in [0, 0.1) is 3.57 Å². The maximum absolute atomic E-state index is 12.7. The van der Waals surface area contributed by atoms with E-state index < -0.39 is 17.9 Å². The number of ether oxygens (including phenoxy) is 4. The van der Waals surface area contributed by atoms with Crippen LogP contribution in [-0.4, -0.2) is 50.1 Å². The van der Waals surface area contributed by atoms with Gasteiger partial charge in [0.2, 0.25) is 0 Å². The number of hydrogen-bond donors (Lipinski definition) is 3. The summed E-state index contributed by atoms with van der Waals surface area (Å²) in [6.07, 6.45) is 3.09. The number of hydrogen-bond acceptors (Lipinski definition) is 8. The number of methoxy groups -OCH3 is 1. The fourth-order valence-corrected chi connectivity index (χ4v) is 4.63. The molecule has 1 amide bonds. The maximum atomic E-state index is 12.7. The molecule has 10 nitrogen and oxygen atoms in total. The van der Waals surface area contributed by atoms with Gasteiger partial charge in [-0.2, -0.15) is 5.10 Å². The van der Waals surface area contributed by atoms with Gasteiger partial charge >= 0.3 is 5.97 Å². The van der Waals surface area contributed by atoms with Gasteiger partial charge in [0.25, 0.3) is 5.91 Å². The molecule has 0 unspecified atom stereocenters. The summed E-state index contributed by atoms with van der Waals surface area (Å²) in [5.41, 5.74) is 4.64. The lowest BCUT2D eigenvalue weighted by molar-refractivity contribution is -0.139. The first-order valence-electron chi connectivity index (χ1n) is 11.9. The number of nitrogens with zero attached hydrogens (tertiary/aromatic N) is 1. The molecule has 206 valence electrons. The monoisotopic (exact) mass is 664 g/mol. The lowest BCUT2D eigenvalue weighted by Crippen LogP contribution is -2.45. The van der Waals surface area contributed by atoms with Gasteiger partial charge in [-0.1, -0.05) is 30.9 Å². The van der Waals surface area contributed by atoms with Crippen LogP contribution in [0.3, 0.4) is 0 Å². The Hall–Kier alpha value is -3.65. The average molecular weight is 665 g/mol. The Kier molecular flexibility index (Phi) is 11.1. The molecule has 0 radical (unpaired) electrons. The number of benzene rings is 2. The van der Waals surface area contributed by atoms with E-state index in [9.17, 15) is 9.59 Å². The van der Waals surface area contributed by atoms with Crippen molar-refractivity contribution in [2.75, 3.05) is 26.9 Å². The van der Waals surface area contributed by atoms with Gasteiger partial charge in [-0.25, -0.2) is 10.2 Å². The molecule has 12 heteroatoms. The van der Waals surface area contributed by atoms with Crippen molar-refractivity contribution in [3.8, 4) is 17.2 Å². The quantitative estimate of drug-likeness (QED) is 0.0779. The first-order chi connectivity index (χ1) is 18.8. The van der Waals surface area contributed by atoms with Gasteiger partial charge in [-0.15, -0.1) is 0 Å². The number of carbonyl (C=O) groups is 2. The SMILES string of the molecule is C=CCOc1c(C=NNC(=O)COc2ccccc2[C@H]2NC(=S)NC(C)=C2C(=O)OCC)cc(I)cc1OC. The van der Waals surface area contributed by atoms with Crippen LogP contribution in [0.15, 0.2) is 65.4 Å². The van der Waals surface area contributed by atoms with Gasteiger partial charge < -0.3 is 29.6 Å². The highest BCUT2D eigenvalue weighted by molar-refractivity contribution is 14.1. The normalized spacial score (nSPS) is 14.8. The molecule has 1 aliphatic rings. The first-order valence-corrected chi connectivity index (χ1v) is 13.4. The summed E-state index contributed by atoms with van der Waals surface area (Å²) in [5, 5.41) is 10.5. The molecule has 3 N–H and O–H groups in total. The van der Waals surface area contributed by atoms with Crippen molar-refractivity contribution in [2.24, 2.45) is 5.10 Å². The molecule has 1 atom stereocenters. The zero-order valence-corrected chi connectivity index (χ0v) is 24.7. The van der Waals surface area contributed by atoms with Crippen LogP contribution < -0.4 is 30.3 Å². The molecule has 0 spiro atoms. The lowest BCUT2D eigenvalue weighted by Gasteiger charge is -2.30. The van der Waals surface area contributed by atoms with Crippen molar-refractivity contribution in [3.63, 3.8) is 0 Å². The number of esters is 1. The van der Waals surface area contributed by atoms with E-state index in [1.807, 2.05) is 12.1 Å². The highest BCUT2D eigenvalue weighted by Gasteiger charge is 2.32. The molecule has 1 heterocycles. The summed E-state index contributed by atoms with van der Waals surface area (Å²) in [6, 6.07) is 10.1. The van der Waals surface area contributed by atoms with E-state index in [4.69, 9.17) is 31.2 Å². The van der Waals surface area contributed by atoms with Gasteiger partial charge in [0.05, 0.1) is 31.5 Å². The number of allylic oxidation sites excluding steroid dienone is 1. The first kappa shape index (κ1) is 29.9. The highest BCUT2D eigenvalue weighted by atomic mass is 127. The molecule has 0 aliphatic carbocycles. The Morgan fingerprint density at radius 1 is 1.23 bits per heavy atom. The average Bonchev–Trinajstić information content (AvgIpc) is 2.90. The molecule has 0 bridgehead atoms. The van der Waals surface area contributed by atoms with Crippen LogP contribution in [0.2, 0.25) is 0 Å². The second kappa shape index (κ2) is 14.5. The Morgan fingerprint density at radius 2 is 2.00 bits per heavy atom. The van der Waals surface area contributed by atoms with Crippen molar-refractivity contribution < 1.29 is 28.5 Å². The summed E-state index contributed by atoms with van der Waals surface area (Å²) in [5.74, 6) is 0.449. The smallest absolute Gasteiger partial charge is 0.338 e. The van der Waals surface area contributed by atoms with Crippen molar-refractivity contribution in [1.29, 1.82) is 0 Å². The number of hydrazone groups is 1. The zero-order chi connectivity index (χ0) is 28.4. The molecule has 0 fully saturated rings. The van der Waals surface area contributed by atoms with E-state index in [1.54, 1.807) is 51.3 Å². The zero-order valence-electron chi connectivity index (χ0n) is 21.7. The second-order valence-corrected chi connectivity index (χ2v) is 9.69. The fourth-order valence-electron chi connectivity index (χ4n) is 3.74. The molecule has 2 aromatic carbocycles. The number of amides is 1. The predicted octanol–water partition coefficient (Wildman–Crippen LogP) is 3.75. The number of thiocarbonyl (C=S) groups is 1. The summed E-state index contributed by atoms with van der Waals surface area (Å²) < 4.78 is 23.1. The molecule has 2 aromatic rings. The number of para-hydroxylation sites is 1.